The van der Waals surface area contributed by atoms with Gasteiger partial charge in [0.25, 0.3) is 0 Å². The van der Waals surface area contributed by atoms with Gasteiger partial charge in [-0.2, -0.15) is 5.26 Å². The van der Waals surface area contributed by atoms with E-state index in [0.29, 0.717) is 22.2 Å². The van der Waals surface area contributed by atoms with Crippen molar-refractivity contribution in [1.82, 2.24) is 9.55 Å². The largest absolute Gasteiger partial charge is 0.496 e. The summed E-state index contributed by atoms with van der Waals surface area (Å²) >= 11 is 6.10. The van der Waals surface area contributed by atoms with E-state index in [1.165, 1.54) is 6.07 Å². The van der Waals surface area contributed by atoms with Crippen LogP contribution in [0.25, 0.3) is 22.4 Å². The van der Waals surface area contributed by atoms with Gasteiger partial charge in [-0.1, -0.05) is 29.8 Å². The van der Waals surface area contributed by atoms with E-state index in [9.17, 15) is 4.39 Å². The van der Waals surface area contributed by atoms with Crippen LogP contribution in [-0.2, 0) is 6.54 Å². The highest BCUT2D eigenvalue weighted by Crippen LogP contribution is 2.34. The van der Waals surface area contributed by atoms with E-state index >= 15 is 0 Å². The average Bonchev–Trinajstić information content (AvgIpc) is 3.07. The topological polar surface area (TPSA) is 50.8 Å². The molecule has 0 fully saturated rings. The van der Waals surface area contributed by atoms with Crippen LogP contribution in [0, 0.1) is 17.1 Å². The fraction of sp³-hybridized carbons (Fsp3) is 0.0909. The average molecular weight is 392 g/mol. The summed E-state index contributed by atoms with van der Waals surface area (Å²) in [6.07, 6.45) is 0. The summed E-state index contributed by atoms with van der Waals surface area (Å²) in [5.74, 6) is 0.814. The Balaban J connectivity index is 1.91. The maximum atomic E-state index is 14.5. The third kappa shape index (κ3) is 3.19. The molecular formula is C22H15ClFN3O. The molecule has 138 valence electrons. The van der Waals surface area contributed by atoms with Crippen LogP contribution in [-0.4, -0.2) is 16.7 Å². The molecule has 0 N–H and O–H groups in total. The molecule has 0 saturated carbocycles. The van der Waals surface area contributed by atoms with Gasteiger partial charge in [0.1, 0.15) is 17.4 Å². The fourth-order valence-electron chi connectivity index (χ4n) is 3.21. The number of hydrogen-bond donors (Lipinski definition) is 0. The Labute approximate surface area is 166 Å². The molecule has 28 heavy (non-hydrogen) atoms. The van der Waals surface area contributed by atoms with Gasteiger partial charge in [0, 0.05) is 10.6 Å². The minimum atomic E-state index is -0.425. The lowest BCUT2D eigenvalue weighted by atomic mass is 10.1. The molecule has 3 aromatic carbocycles. The summed E-state index contributed by atoms with van der Waals surface area (Å²) in [7, 11) is 1.57. The number of imidazole rings is 1. The molecule has 0 aliphatic rings. The Morgan fingerprint density at radius 3 is 2.71 bits per heavy atom. The van der Waals surface area contributed by atoms with E-state index in [-0.39, 0.29) is 12.1 Å². The van der Waals surface area contributed by atoms with Crippen molar-refractivity contribution in [2.24, 2.45) is 0 Å². The van der Waals surface area contributed by atoms with E-state index in [0.717, 1.165) is 16.6 Å². The summed E-state index contributed by atoms with van der Waals surface area (Å²) in [5.41, 5.74) is 3.19. The predicted molar refractivity (Wildman–Crippen MR) is 107 cm³/mol. The number of ether oxygens (including phenoxy) is 1. The van der Waals surface area contributed by atoms with E-state index < -0.39 is 5.82 Å². The van der Waals surface area contributed by atoms with E-state index in [2.05, 4.69) is 0 Å². The Hall–Kier alpha value is -3.36. The molecule has 1 heterocycles. The molecule has 0 saturated heterocycles. The number of nitriles is 1. The summed E-state index contributed by atoms with van der Waals surface area (Å²) in [6.45, 7) is 0.263. The number of rotatable bonds is 4. The minimum Gasteiger partial charge on any atom is -0.496 e. The predicted octanol–water partition coefficient (Wildman–Crippen LogP) is 5.42. The van der Waals surface area contributed by atoms with Crippen molar-refractivity contribution in [1.29, 1.82) is 5.26 Å². The maximum Gasteiger partial charge on any atom is 0.145 e. The number of benzene rings is 3. The summed E-state index contributed by atoms with van der Waals surface area (Å²) in [5, 5.41) is 9.52. The monoisotopic (exact) mass is 391 g/mol. The molecule has 4 nitrogen and oxygen atoms in total. The highest BCUT2D eigenvalue weighted by Gasteiger charge is 2.18. The summed E-state index contributed by atoms with van der Waals surface area (Å²) in [4.78, 5) is 4.75. The van der Waals surface area contributed by atoms with E-state index in [1.54, 1.807) is 31.4 Å². The first-order chi connectivity index (χ1) is 13.6. The first kappa shape index (κ1) is 18.0. The van der Waals surface area contributed by atoms with Crippen LogP contribution in [0.1, 0.15) is 11.1 Å². The molecule has 0 aliphatic carbocycles. The van der Waals surface area contributed by atoms with Gasteiger partial charge in [-0.3, -0.25) is 0 Å². The van der Waals surface area contributed by atoms with Crippen molar-refractivity contribution >= 4 is 22.6 Å². The number of halogens is 2. The van der Waals surface area contributed by atoms with Crippen molar-refractivity contribution in [3.8, 4) is 23.2 Å². The van der Waals surface area contributed by atoms with Crippen LogP contribution in [0.3, 0.4) is 0 Å². The zero-order valence-electron chi connectivity index (χ0n) is 15.0. The Morgan fingerprint density at radius 2 is 1.96 bits per heavy atom. The van der Waals surface area contributed by atoms with Crippen LogP contribution in [0.4, 0.5) is 4.39 Å². The molecule has 4 aromatic rings. The second-order valence-electron chi connectivity index (χ2n) is 6.27. The van der Waals surface area contributed by atoms with E-state index in [4.69, 9.17) is 26.6 Å². The van der Waals surface area contributed by atoms with Gasteiger partial charge in [0.2, 0.25) is 0 Å². The standard InChI is InChI=1S/C22H15ClFN3O/c1-28-21-11-16(23)8-9-17(21)22-26-19-4-2-3-5-20(19)27(22)13-15-7-6-14(12-25)10-18(15)24/h2-11H,13H2,1H3. The third-order valence-electron chi connectivity index (χ3n) is 4.57. The number of hydrogen-bond acceptors (Lipinski definition) is 3. The first-order valence-electron chi connectivity index (χ1n) is 8.58. The normalized spacial score (nSPS) is 10.8. The highest BCUT2D eigenvalue weighted by molar-refractivity contribution is 6.30. The van der Waals surface area contributed by atoms with Crippen LogP contribution in [0.2, 0.25) is 5.02 Å². The molecule has 6 heteroatoms. The van der Waals surface area contributed by atoms with Crippen molar-refractivity contribution in [3.05, 3.63) is 82.6 Å². The fourth-order valence-corrected chi connectivity index (χ4v) is 3.37. The van der Waals surface area contributed by atoms with Gasteiger partial charge in [0.15, 0.2) is 0 Å². The Morgan fingerprint density at radius 1 is 1.14 bits per heavy atom. The van der Waals surface area contributed by atoms with Gasteiger partial charge in [0.05, 0.1) is 41.9 Å². The lowest BCUT2D eigenvalue weighted by Gasteiger charge is -2.13. The molecule has 0 aliphatic heterocycles. The SMILES string of the molecule is COc1cc(Cl)ccc1-c1nc2ccccc2n1Cc1ccc(C#N)cc1F. The van der Waals surface area contributed by atoms with Crippen molar-refractivity contribution in [2.45, 2.75) is 6.54 Å². The minimum absolute atomic E-state index is 0.263. The third-order valence-corrected chi connectivity index (χ3v) is 4.80. The second-order valence-corrected chi connectivity index (χ2v) is 6.71. The lowest BCUT2D eigenvalue weighted by molar-refractivity contribution is 0.416. The molecular weight excluding hydrogens is 377 g/mol. The number of aromatic nitrogens is 2. The molecule has 0 spiro atoms. The van der Waals surface area contributed by atoms with Gasteiger partial charge in [-0.15, -0.1) is 0 Å². The zero-order valence-corrected chi connectivity index (χ0v) is 15.7. The number of methoxy groups -OCH3 is 1. The van der Waals surface area contributed by atoms with Crippen LogP contribution in [0.5, 0.6) is 5.75 Å². The van der Waals surface area contributed by atoms with Crippen molar-refractivity contribution in [2.75, 3.05) is 7.11 Å². The lowest BCUT2D eigenvalue weighted by Crippen LogP contribution is -2.05. The molecule has 0 unspecified atom stereocenters. The Bertz CT molecular complexity index is 1230. The first-order valence-corrected chi connectivity index (χ1v) is 8.96. The van der Waals surface area contributed by atoms with Gasteiger partial charge in [-0.25, -0.2) is 9.37 Å². The smallest absolute Gasteiger partial charge is 0.145 e. The number of para-hydroxylation sites is 2. The molecule has 0 atom stereocenters. The van der Waals surface area contributed by atoms with Gasteiger partial charge < -0.3 is 9.30 Å². The molecule has 0 radical (unpaired) electrons. The van der Waals surface area contributed by atoms with E-state index in [1.807, 2.05) is 41.0 Å². The molecule has 0 amide bonds. The Kier molecular flexibility index (Phi) is 4.72. The summed E-state index contributed by atoms with van der Waals surface area (Å²) in [6, 6.07) is 19.4. The number of nitrogens with zero attached hydrogens (tertiary/aromatic N) is 3. The summed E-state index contributed by atoms with van der Waals surface area (Å²) < 4.78 is 22.0. The van der Waals surface area contributed by atoms with Crippen LogP contribution >= 0.6 is 11.6 Å². The van der Waals surface area contributed by atoms with Gasteiger partial charge >= 0.3 is 0 Å². The molecule has 4 rings (SSSR count). The molecule has 1 aromatic heterocycles. The van der Waals surface area contributed by atoms with Crippen LogP contribution in [0.15, 0.2) is 60.7 Å². The highest BCUT2D eigenvalue weighted by atomic mass is 35.5. The van der Waals surface area contributed by atoms with Crippen molar-refractivity contribution < 1.29 is 9.13 Å². The molecule has 0 bridgehead atoms. The zero-order chi connectivity index (χ0) is 19.7. The number of fused-ring (bicyclic) bond motifs is 1. The van der Waals surface area contributed by atoms with Gasteiger partial charge in [-0.05, 0) is 42.5 Å². The van der Waals surface area contributed by atoms with Crippen molar-refractivity contribution in [3.63, 3.8) is 0 Å². The second kappa shape index (κ2) is 7.34. The van der Waals surface area contributed by atoms with Crippen LogP contribution < -0.4 is 4.74 Å². The quantitative estimate of drug-likeness (QED) is 0.466. The maximum absolute atomic E-state index is 14.5.